The molecule has 0 amide bonds. The van der Waals surface area contributed by atoms with Crippen molar-refractivity contribution in [2.75, 3.05) is 0 Å². The summed E-state index contributed by atoms with van der Waals surface area (Å²) in [6, 6.07) is 53.4. The highest BCUT2D eigenvalue weighted by Crippen LogP contribution is 2.44. The van der Waals surface area contributed by atoms with E-state index in [4.69, 9.17) is 9.97 Å². The highest BCUT2D eigenvalue weighted by molar-refractivity contribution is 6.21. The molecule has 0 bridgehead atoms. The maximum atomic E-state index is 5.21. The summed E-state index contributed by atoms with van der Waals surface area (Å²) in [4.78, 5) is 14.9. The molecule has 3 heteroatoms. The third kappa shape index (κ3) is 4.25. The maximum absolute atomic E-state index is 5.21. The van der Waals surface area contributed by atoms with Crippen LogP contribution in [0.5, 0.6) is 0 Å². The summed E-state index contributed by atoms with van der Waals surface area (Å²) in [6.45, 7) is 0. The zero-order valence-corrected chi connectivity index (χ0v) is 24.9. The average Bonchev–Trinajstić information content (AvgIpc) is 3.13. The zero-order valence-electron chi connectivity index (χ0n) is 24.9. The Hall–Kier alpha value is -6.19. The number of benzene rings is 7. The predicted octanol–water partition coefficient (Wildman–Crippen LogP) is 11.2. The standard InChI is InChI=1S/C43H27N3/c1-2-14-32-28(11-1)12-9-19-37(32)43-42(45-38-20-7-8-21-39(38)46-43)30-24-22-29(23-25-30)40-33-15-3-5-17-35(33)41(31-13-10-26-44-27-31)36-18-6-4-16-34(36)40/h1-27H. The molecule has 0 saturated heterocycles. The van der Waals surface area contributed by atoms with Gasteiger partial charge in [-0.2, -0.15) is 0 Å². The Kier molecular flexibility index (Phi) is 6.14. The molecule has 9 aromatic rings. The minimum atomic E-state index is 0.878. The minimum absolute atomic E-state index is 0.878. The largest absolute Gasteiger partial charge is 0.264 e. The second-order valence-electron chi connectivity index (χ2n) is 11.6. The summed E-state index contributed by atoms with van der Waals surface area (Å²) in [5.74, 6) is 0. The van der Waals surface area contributed by atoms with E-state index in [0.717, 1.165) is 44.7 Å². The Balaban J connectivity index is 1.26. The molecule has 7 aromatic carbocycles. The summed E-state index contributed by atoms with van der Waals surface area (Å²) < 4.78 is 0. The Morgan fingerprint density at radius 3 is 1.50 bits per heavy atom. The van der Waals surface area contributed by atoms with Gasteiger partial charge in [-0.3, -0.25) is 4.98 Å². The average molecular weight is 586 g/mol. The van der Waals surface area contributed by atoms with E-state index in [0.29, 0.717) is 0 Å². The number of nitrogens with zero attached hydrogens (tertiary/aromatic N) is 3. The van der Waals surface area contributed by atoms with Gasteiger partial charge in [-0.15, -0.1) is 0 Å². The summed E-state index contributed by atoms with van der Waals surface area (Å²) in [5.41, 5.74) is 10.4. The van der Waals surface area contributed by atoms with Crippen LogP contribution in [0, 0.1) is 0 Å². The van der Waals surface area contributed by atoms with E-state index in [1.807, 2.05) is 42.7 Å². The van der Waals surface area contributed by atoms with Crippen molar-refractivity contribution >= 4 is 43.4 Å². The highest BCUT2D eigenvalue weighted by atomic mass is 14.8. The number of rotatable bonds is 4. The molecule has 0 aliphatic carbocycles. The van der Waals surface area contributed by atoms with Crippen LogP contribution in [0.1, 0.15) is 0 Å². The first-order chi connectivity index (χ1) is 22.8. The Bertz CT molecular complexity index is 2510. The van der Waals surface area contributed by atoms with Gasteiger partial charge < -0.3 is 0 Å². The minimum Gasteiger partial charge on any atom is -0.264 e. The fourth-order valence-corrected chi connectivity index (χ4v) is 6.88. The van der Waals surface area contributed by atoms with E-state index in [-0.39, 0.29) is 0 Å². The van der Waals surface area contributed by atoms with Crippen LogP contribution in [0.4, 0.5) is 0 Å². The number of fused-ring (bicyclic) bond motifs is 4. The van der Waals surface area contributed by atoms with E-state index < -0.39 is 0 Å². The van der Waals surface area contributed by atoms with Gasteiger partial charge in [-0.25, -0.2) is 9.97 Å². The molecule has 0 unspecified atom stereocenters. The second kappa shape index (κ2) is 10.8. The number of para-hydroxylation sites is 2. The molecule has 0 aliphatic rings. The maximum Gasteiger partial charge on any atom is 0.0979 e. The van der Waals surface area contributed by atoms with Crippen molar-refractivity contribution in [3.05, 3.63) is 164 Å². The molecule has 0 saturated carbocycles. The SMILES string of the molecule is c1cncc(-c2c3ccccc3c(-c3ccc(-c4nc5ccccc5nc4-c4cccc5ccccc45)cc3)c3ccccc23)c1. The summed E-state index contributed by atoms with van der Waals surface area (Å²) in [5, 5.41) is 7.21. The van der Waals surface area contributed by atoms with Gasteiger partial charge in [0.25, 0.3) is 0 Å². The molecule has 0 N–H and O–H groups in total. The van der Waals surface area contributed by atoms with Crippen molar-refractivity contribution in [3.63, 3.8) is 0 Å². The van der Waals surface area contributed by atoms with Crippen molar-refractivity contribution in [2.45, 2.75) is 0 Å². The highest BCUT2D eigenvalue weighted by Gasteiger charge is 2.18. The van der Waals surface area contributed by atoms with Gasteiger partial charge in [-0.05, 0) is 67.2 Å². The fourth-order valence-electron chi connectivity index (χ4n) is 6.88. The molecule has 0 atom stereocenters. The monoisotopic (exact) mass is 585 g/mol. The smallest absolute Gasteiger partial charge is 0.0979 e. The lowest BCUT2D eigenvalue weighted by Gasteiger charge is -2.18. The number of pyridine rings is 1. The zero-order chi connectivity index (χ0) is 30.5. The first-order valence-electron chi connectivity index (χ1n) is 15.5. The van der Waals surface area contributed by atoms with E-state index in [1.165, 1.54) is 43.4 Å². The van der Waals surface area contributed by atoms with Crippen LogP contribution >= 0.6 is 0 Å². The predicted molar refractivity (Wildman–Crippen MR) is 192 cm³/mol. The lowest BCUT2D eigenvalue weighted by atomic mass is 9.86. The van der Waals surface area contributed by atoms with E-state index in [9.17, 15) is 0 Å². The molecule has 3 nitrogen and oxygen atoms in total. The van der Waals surface area contributed by atoms with Gasteiger partial charge in [0.1, 0.15) is 0 Å². The summed E-state index contributed by atoms with van der Waals surface area (Å²) in [7, 11) is 0. The topological polar surface area (TPSA) is 38.7 Å². The summed E-state index contributed by atoms with van der Waals surface area (Å²) in [6.07, 6.45) is 3.79. The van der Waals surface area contributed by atoms with Gasteiger partial charge in [0.05, 0.1) is 22.4 Å². The molecular weight excluding hydrogens is 558 g/mol. The van der Waals surface area contributed by atoms with Crippen LogP contribution in [-0.4, -0.2) is 15.0 Å². The quantitative estimate of drug-likeness (QED) is 0.193. The van der Waals surface area contributed by atoms with Gasteiger partial charge in [0.2, 0.25) is 0 Å². The summed E-state index contributed by atoms with van der Waals surface area (Å²) >= 11 is 0. The van der Waals surface area contributed by atoms with E-state index >= 15 is 0 Å². The Labute approximate surface area is 266 Å². The fraction of sp³-hybridized carbons (Fsp3) is 0. The van der Waals surface area contributed by atoms with E-state index in [1.54, 1.807) is 0 Å². The van der Waals surface area contributed by atoms with Crippen LogP contribution in [0.25, 0.3) is 88.1 Å². The first-order valence-corrected chi connectivity index (χ1v) is 15.5. The number of hydrogen-bond acceptors (Lipinski definition) is 3. The normalized spacial score (nSPS) is 11.5. The van der Waals surface area contributed by atoms with Crippen LogP contribution in [0.3, 0.4) is 0 Å². The molecule has 0 aliphatic heterocycles. The van der Waals surface area contributed by atoms with Crippen LogP contribution in [-0.2, 0) is 0 Å². The molecule has 2 heterocycles. The van der Waals surface area contributed by atoms with Crippen molar-refractivity contribution in [2.24, 2.45) is 0 Å². The third-order valence-electron chi connectivity index (χ3n) is 8.94. The molecule has 9 rings (SSSR count). The molecule has 214 valence electrons. The molecule has 46 heavy (non-hydrogen) atoms. The van der Waals surface area contributed by atoms with Crippen LogP contribution in [0.15, 0.2) is 164 Å². The number of aromatic nitrogens is 3. The molecule has 0 fully saturated rings. The molecule has 2 aromatic heterocycles. The van der Waals surface area contributed by atoms with Crippen molar-refractivity contribution < 1.29 is 0 Å². The second-order valence-corrected chi connectivity index (χ2v) is 11.6. The Morgan fingerprint density at radius 2 is 0.870 bits per heavy atom. The third-order valence-corrected chi connectivity index (χ3v) is 8.94. The number of hydrogen-bond donors (Lipinski definition) is 0. The van der Waals surface area contributed by atoms with Gasteiger partial charge >= 0.3 is 0 Å². The van der Waals surface area contributed by atoms with E-state index in [2.05, 4.69) is 126 Å². The Morgan fingerprint density at radius 1 is 0.348 bits per heavy atom. The lowest BCUT2D eigenvalue weighted by Crippen LogP contribution is -1.96. The lowest BCUT2D eigenvalue weighted by molar-refractivity contribution is 1.30. The van der Waals surface area contributed by atoms with Crippen molar-refractivity contribution in [1.29, 1.82) is 0 Å². The van der Waals surface area contributed by atoms with Crippen LogP contribution in [0.2, 0.25) is 0 Å². The molecular formula is C43H27N3. The van der Waals surface area contributed by atoms with Crippen LogP contribution < -0.4 is 0 Å². The first kappa shape index (κ1) is 26.2. The van der Waals surface area contributed by atoms with Gasteiger partial charge in [0, 0.05) is 29.1 Å². The molecule has 0 radical (unpaired) electrons. The van der Waals surface area contributed by atoms with Crippen molar-refractivity contribution in [1.82, 2.24) is 15.0 Å². The van der Waals surface area contributed by atoms with Crippen molar-refractivity contribution in [3.8, 4) is 44.8 Å². The molecule has 0 spiro atoms. The van der Waals surface area contributed by atoms with Gasteiger partial charge in [0.15, 0.2) is 0 Å². The van der Waals surface area contributed by atoms with Gasteiger partial charge in [-0.1, -0.05) is 133 Å².